The van der Waals surface area contributed by atoms with Crippen LogP contribution in [0.1, 0.15) is 17.3 Å². The van der Waals surface area contributed by atoms with Gasteiger partial charge < -0.3 is 0 Å². The molecule has 2 aliphatic heterocycles. The average molecular weight is 381 g/mol. The molecule has 4 rings (SSSR count). The van der Waals surface area contributed by atoms with Crippen molar-refractivity contribution in [2.45, 2.75) is 26.1 Å². The Bertz CT molecular complexity index is 965. The van der Waals surface area contributed by atoms with Gasteiger partial charge in [0.15, 0.2) is 0 Å². The van der Waals surface area contributed by atoms with Crippen LogP contribution in [0.5, 0.6) is 0 Å². The lowest BCUT2D eigenvalue weighted by Gasteiger charge is -2.30. The van der Waals surface area contributed by atoms with Gasteiger partial charge in [0, 0.05) is 27.2 Å². The van der Waals surface area contributed by atoms with E-state index in [1.54, 1.807) is 7.05 Å². The van der Waals surface area contributed by atoms with Crippen LogP contribution in [0.25, 0.3) is 0 Å². The van der Waals surface area contributed by atoms with Gasteiger partial charge in [-0.1, -0.05) is 35.3 Å². The van der Waals surface area contributed by atoms with Crippen molar-refractivity contribution in [3.63, 3.8) is 0 Å². The zero-order chi connectivity index (χ0) is 20.0. The molecule has 1 saturated heterocycles. The van der Waals surface area contributed by atoms with Gasteiger partial charge in [-0.05, 0) is 19.5 Å². The van der Waals surface area contributed by atoms with Crippen LogP contribution >= 0.6 is 0 Å². The van der Waals surface area contributed by atoms with E-state index in [-0.39, 0.29) is 11.9 Å². The first-order valence-electron chi connectivity index (χ1n) is 9.36. The van der Waals surface area contributed by atoms with Crippen LogP contribution in [0.4, 0.5) is 10.7 Å². The number of aromatic nitrogens is 2. The minimum absolute atomic E-state index is 0.246. The van der Waals surface area contributed by atoms with Gasteiger partial charge in [0.1, 0.15) is 11.9 Å². The van der Waals surface area contributed by atoms with Gasteiger partial charge in [-0.15, -0.1) is 0 Å². The summed E-state index contributed by atoms with van der Waals surface area (Å²) in [4.78, 5) is 34.4. The van der Waals surface area contributed by atoms with Crippen LogP contribution in [0.2, 0.25) is 0 Å². The maximum atomic E-state index is 12.7. The number of nitrogens with zero attached hydrogens (tertiary/aromatic N) is 6. The number of amides is 3. The molecule has 8 heteroatoms. The standard InChI is InChI=1S/C20H25N6O2/c1-14-12-26-16-17(23(3)20(28)24(4)18(16)27)21-19(26)25(14)11-10-22(2)13-15-8-6-5-7-9-15/h5-9,12,16H,10-11,13H2,1-4H3/q+1. The Kier molecular flexibility index (Phi) is 4.50. The third kappa shape index (κ3) is 2.90. The molecule has 1 unspecified atom stereocenters. The fourth-order valence-corrected chi connectivity index (χ4v) is 3.83. The second-order valence-electron chi connectivity index (χ2n) is 7.46. The fraction of sp³-hybridized carbons (Fsp3) is 0.400. The highest BCUT2D eigenvalue weighted by Crippen LogP contribution is 2.28. The van der Waals surface area contributed by atoms with E-state index in [9.17, 15) is 9.59 Å². The number of likely N-dealkylation sites (N-methyl/N-ethyl adjacent to an activating group) is 3. The molecular formula is C20H25N6O2+. The number of rotatable bonds is 5. The van der Waals surface area contributed by atoms with Gasteiger partial charge in [0.25, 0.3) is 5.91 Å². The second kappa shape index (κ2) is 6.87. The minimum atomic E-state index is -0.565. The Labute approximate surface area is 164 Å². The number of aliphatic imine (C=N–C) groups is 1. The molecule has 28 heavy (non-hydrogen) atoms. The lowest BCUT2D eigenvalue weighted by atomic mass is 10.2. The zero-order valence-electron chi connectivity index (χ0n) is 16.7. The molecule has 1 atom stereocenters. The number of benzene rings is 1. The second-order valence-corrected chi connectivity index (χ2v) is 7.46. The van der Waals surface area contributed by atoms with Gasteiger partial charge in [-0.3, -0.25) is 19.5 Å². The lowest BCUT2D eigenvalue weighted by Crippen LogP contribution is -2.61. The first-order chi connectivity index (χ1) is 13.4. The highest BCUT2D eigenvalue weighted by molar-refractivity contribution is 6.18. The number of urea groups is 1. The number of carbonyl (C=O) groups is 2. The molecule has 1 aromatic heterocycles. The maximum absolute atomic E-state index is 12.7. The molecule has 8 nitrogen and oxygen atoms in total. The van der Waals surface area contributed by atoms with E-state index in [2.05, 4.69) is 33.6 Å². The van der Waals surface area contributed by atoms with Gasteiger partial charge in [0.2, 0.25) is 11.9 Å². The first-order valence-corrected chi connectivity index (χ1v) is 9.36. The average Bonchev–Trinajstić information content (AvgIpc) is 3.19. The molecule has 0 N–H and O–H groups in total. The molecular weight excluding hydrogens is 356 g/mol. The van der Waals surface area contributed by atoms with Crippen LogP contribution in [0.3, 0.4) is 0 Å². The molecule has 1 aromatic carbocycles. The van der Waals surface area contributed by atoms with Gasteiger partial charge in [-0.25, -0.2) is 13.9 Å². The largest absolute Gasteiger partial charge is 0.401 e. The Hall–Kier alpha value is -3.00. The Balaban J connectivity index is 1.55. The number of aryl methyl sites for hydroxylation is 1. The summed E-state index contributed by atoms with van der Waals surface area (Å²) in [6, 6.07) is 9.44. The van der Waals surface area contributed by atoms with Crippen molar-refractivity contribution in [2.24, 2.45) is 4.99 Å². The number of carbonyl (C=O) groups excluding carboxylic acids is 2. The van der Waals surface area contributed by atoms with Gasteiger partial charge >= 0.3 is 12.0 Å². The number of amidine groups is 1. The van der Waals surface area contributed by atoms with Crippen LogP contribution in [-0.4, -0.2) is 64.7 Å². The van der Waals surface area contributed by atoms with Crippen molar-refractivity contribution in [1.82, 2.24) is 19.3 Å². The lowest BCUT2D eigenvalue weighted by molar-refractivity contribution is -0.677. The van der Waals surface area contributed by atoms with E-state index in [0.717, 1.165) is 30.2 Å². The molecule has 0 radical (unpaired) electrons. The van der Waals surface area contributed by atoms with Crippen molar-refractivity contribution in [1.29, 1.82) is 0 Å². The molecule has 0 aliphatic carbocycles. The Morgan fingerprint density at radius 2 is 1.86 bits per heavy atom. The Morgan fingerprint density at radius 1 is 1.14 bits per heavy atom. The van der Waals surface area contributed by atoms with E-state index < -0.39 is 6.04 Å². The zero-order valence-corrected chi connectivity index (χ0v) is 16.7. The maximum Gasteiger partial charge on any atom is 0.401 e. The normalized spacial score (nSPS) is 18.6. The van der Waals surface area contributed by atoms with Crippen molar-refractivity contribution >= 4 is 23.7 Å². The van der Waals surface area contributed by atoms with E-state index in [1.165, 1.54) is 17.5 Å². The topological polar surface area (TPSA) is 65.0 Å². The summed E-state index contributed by atoms with van der Waals surface area (Å²) in [5, 5.41) is 0. The number of fused-ring (bicyclic) bond motifs is 3. The third-order valence-electron chi connectivity index (χ3n) is 5.44. The van der Waals surface area contributed by atoms with Crippen molar-refractivity contribution < 1.29 is 14.2 Å². The molecule has 2 aromatic rings. The summed E-state index contributed by atoms with van der Waals surface area (Å²) >= 11 is 0. The summed E-state index contributed by atoms with van der Waals surface area (Å²) in [5.41, 5.74) is 2.31. The third-order valence-corrected chi connectivity index (χ3v) is 5.44. The Morgan fingerprint density at radius 3 is 2.57 bits per heavy atom. The number of imide groups is 1. The highest BCUT2D eigenvalue weighted by Gasteiger charge is 2.52. The van der Waals surface area contributed by atoms with Crippen LogP contribution in [-0.2, 0) is 17.9 Å². The molecule has 0 spiro atoms. The van der Waals surface area contributed by atoms with E-state index in [4.69, 9.17) is 0 Å². The van der Waals surface area contributed by atoms with Gasteiger partial charge in [0.05, 0.1) is 6.54 Å². The summed E-state index contributed by atoms with van der Waals surface area (Å²) in [6.07, 6.45) is 1.95. The SMILES string of the molecule is Cc1c[n+]2c(n1CCN(C)Cc1ccccc1)N=C1C2C(=O)N(C)C(=O)N1C. The molecule has 2 aliphatic rings. The van der Waals surface area contributed by atoms with Crippen LogP contribution < -0.4 is 4.57 Å². The van der Waals surface area contributed by atoms with E-state index in [0.29, 0.717) is 11.8 Å². The molecule has 3 heterocycles. The number of hydrogen-bond donors (Lipinski definition) is 0. The van der Waals surface area contributed by atoms with Crippen LogP contribution in [0, 0.1) is 6.92 Å². The number of hydrogen-bond acceptors (Lipinski definition) is 4. The summed E-state index contributed by atoms with van der Waals surface area (Å²) in [6.45, 7) is 4.48. The van der Waals surface area contributed by atoms with Crippen molar-refractivity contribution in [2.75, 3.05) is 27.7 Å². The van der Waals surface area contributed by atoms with Crippen molar-refractivity contribution in [3.8, 4) is 0 Å². The summed E-state index contributed by atoms with van der Waals surface area (Å²) < 4.78 is 3.99. The molecule has 0 saturated carbocycles. The quantitative estimate of drug-likeness (QED) is 0.734. The predicted molar refractivity (Wildman–Crippen MR) is 104 cm³/mol. The molecule has 3 amide bonds. The highest BCUT2D eigenvalue weighted by atomic mass is 16.2. The summed E-state index contributed by atoms with van der Waals surface area (Å²) in [7, 11) is 5.27. The summed E-state index contributed by atoms with van der Waals surface area (Å²) in [5.74, 6) is 0.965. The first kappa shape index (κ1) is 18.4. The van der Waals surface area contributed by atoms with Crippen molar-refractivity contribution in [3.05, 3.63) is 47.8 Å². The number of imidazole rings is 1. The monoisotopic (exact) mass is 381 g/mol. The predicted octanol–water partition coefficient (Wildman–Crippen LogP) is 1.32. The smallest absolute Gasteiger partial charge is 0.299 e. The fourth-order valence-electron chi connectivity index (χ4n) is 3.83. The minimum Gasteiger partial charge on any atom is -0.299 e. The molecule has 146 valence electrons. The molecule has 0 bridgehead atoms. The van der Waals surface area contributed by atoms with Gasteiger partial charge in [-0.2, -0.15) is 0 Å². The molecule has 1 fully saturated rings. The van der Waals surface area contributed by atoms with Crippen LogP contribution in [0.15, 0.2) is 41.5 Å². The van der Waals surface area contributed by atoms with E-state index >= 15 is 0 Å². The van der Waals surface area contributed by atoms with E-state index in [1.807, 2.05) is 35.9 Å².